The van der Waals surface area contributed by atoms with Crippen LogP contribution in [0.15, 0.2) is 60.1 Å². The summed E-state index contributed by atoms with van der Waals surface area (Å²) in [5.41, 5.74) is 5.38. The number of aromatic nitrogens is 2. The van der Waals surface area contributed by atoms with Gasteiger partial charge in [0.05, 0.1) is 22.7 Å². The zero-order chi connectivity index (χ0) is 22.8. The van der Waals surface area contributed by atoms with Crippen molar-refractivity contribution in [2.45, 2.75) is 19.3 Å². The monoisotopic (exact) mass is 479 g/mol. The smallest absolute Gasteiger partial charge is 0.229 e. The highest BCUT2D eigenvalue weighted by atomic mass is 32.2. The molecule has 2 aromatic heterocycles. The Hall–Kier alpha value is -3.17. The molecule has 0 amide bonds. The number of sulfonamides is 1. The zero-order valence-corrected chi connectivity index (χ0v) is 19.9. The normalized spacial score (nSPS) is 14.4. The third-order valence-corrected chi connectivity index (χ3v) is 7.15. The van der Waals surface area contributed by atoms with Gasteiger partial charge in [-0.05, 0) is 61.2 Å². The van der Waals surface area contributed by atoms with Crippen molar-refractivity contribution >= 4 is 54.6 Å². The van der Waals surface area contributed by atoms with E-state index >= 15 is 0 Å². The van der Waals surface area contributed by atoms with Crippen LogP contribution in [0.3, 0.4) is 0 Å². The number of nitrogens with one attached hydrogen (secondary N) is 2. The summed E-state index contributed by atoms with van der Waals surface area (Å²) in [6, 6.07) is 15.7. The van der Waals surface area contributed by atoms with Crippen LogP contribution in [0.25, 0.3) is 21.3 Å². The highest BCUT2D eigenvalue weighted by Crippen LogP contribution is 2.34. The lowest BCUT2D eigenvalue weighted by Crippen LogP contribution is -2.29. The van der Waals surface area contributed by atoms with E-state index in [1.165, 1.54) is 24.9 Å². The van der Waals surface area contributed by atoms with Crippen LogP contribution in [0.4, 0.5) is 23.0 Å². The van der Waals surface area contributed by atoms with E-state index in [4.69, 9.17) is 4.98 Å². The standard InChI is InChI=1S/C24H25N5O2S2/c1-33(30,31)28-19-7-5-6-17(14-19)21-16-32-22-15-25-24(27-23(21)22)26-18-8-10-20(11-9-18)29-12-3-2-4-13-29/h5-11,14-16,28H,2-4,12-13H2,1H3,(H,25,26,27). The molecule has 2 aromatic carbocycles. The van der Waals surface area contributed by atoms with Crippen LogP contribution in [-0.2, 0) is 10.0 Å². The van der Waals surface area contributed by atoms with Crippen molar-refractivity contribution in [2.75, 3.05) is 34.3 Å². The number of piperidine rings is 1. The molecule has 5 rings (SSSR count). The first-order chi connectivity index (χ1) is 15.9. The van der Waals surface area contributed by atoms with Gasteiger partial charge in [-0.3, -0.25) is 4.72 Å². The van der Waals surface area contributed by atoms with E-state index in [2.05, 4.69) is 44.2 Å². The van der Waals surface area contributed by atoms with Gasteiger partial charge in [0, 0.05) is 41.1 Å². The van der Waals surface area contributed by atoms with E-state index in [0.717, 1.165) is 46.4 Å². The molecule has 2 N–H and O–H groups in total. The van der Waals surface area contributed by atoms with Crippen molar-refractivity contribution in [3.8, 4) is 11.1 Å². The Bertz CT molecular complexity index is 1380. The van der Waals surface area contributed by atoms with Gasteiger partial charge in [0.25, 0.3) is 0 Å². The fraction of sp³-hybridized carbons (Fsp3) is 0.250. The van der Waals surface area contributed by atoms with Crippen LogP contribution >= 0.6 is 11.3 Å². The van der Waals surface area contributed by atoms with Crippen LogP contribution in [0.2, 0.25) is 0 Å². The molecule has 1 saturated heterocycles. The van der Waals surface area contributed by atoms with Crippen molar-refractivity contribution in [2.24, 2.45) is 0 Å². The van der Waals surface area contributed by atoms with Crippen molar-refractivity contribution < 1.29 is 8.42 Å². The van der Waals surface area contributed by atoms with E-state index in [1.807, 2.05) is 29.8 Å². The summed E-state index contributed by atoms with van der Waals surface area (Å²) in [6.45, 7) is 2.24. The summed E-state index contributed by atoms with van der Waals surface area (Å²) in [5.74, 6) is 0.526. The molecule has 170 valence electrons. The minimum Gasteiger partial charge on any atom is -0.372 e. The van der Waals surface area contributed by atoms with Crippen molar-refractivity contribution in [3.05, 3.63) is 60.1 Å². The number of fused-ring (bicyclic) bond motifs is 1. The Morgan fingerprint density at radius 1 is 1.00 bits per heavy atom. The van der Waals surface area contributed by atoms with E-state index in [1.54, 1.807) is 17.4 Å². The average Bonchev–Trinajstić information content (AvgIpc) is 3.23. The molecule has 0 unspecified atom stereocenters. The predicted molar refractivity (Wildman–Crippen MR) is 137 cm³/mol. The Morgan fingerprint density at radius 2 is 1.79 bits per heavy atom. The first-order valence-electron chi connectivity index (χ1n) is 10.9. The summed E-state index contributed by atoms with van der Waals surface area (Å²) >= 11 is 1.56. The second-order valence-electron chi connectivity index (χ2n) is 8.23. The lowest BCUT2D eigenvalue weighted by atomic mass is 10.1. The molecule has 0 spiro atoms. The number of anilines is 4. The van der Waals surface area contributed by atoms with Crippen molar-refractivity contribution in [3.63, 3.8) is 0 Å². The zero-order valence-electron chi connectivity index (χ0n) is 18.3. The van der Waals surface area contributed by atoms with Crippen LogP contribution in [0.5, 0.6) is 0 Å². The molecular weight excluding hydrogens is 454 g/mol. The summed E-state index contributed by atoms with van der Waals surface area (Å²) in [5, 5.41) is 5.33. The molecule has 9 heteroatoms. The molecule has 0 atom stereocenters. The molecule has 1 aliphatic heterocycles. The highest BCUT2D eigenvalue weighted by Gasteiger charge is 2.13. The SMILES string of the molecule is CS(=O)(=O)Nc1cccc(-c2csc3cnc(Nc4ccc(N5CCCCC5)cc4)nc23)c1. The fourth-order valence-electron chi connectivity index (χ4n) is 4.09. The molecule has 0 radical (unpaired) electrons. The molecule has 0 saturated carbocycles. The molecule has 33 heavy (non-hydrogen) atoms. The highest BCUT2D eigenvalue weighted by molar-refractivity contribution is 7.92. The number of thiophene rings is 1. The second-order valence-corrected chi connectivity index (χ2v) is 10.9. The maximum atomic E-state index is 11.6. The maximum Gasteiger partial charge on any atom is 0.229 e. The third-order valence-electron chi connectivity index (χ3n) is 5.64. The van der Waals surface area contributed by atoms with Gasteiger partial charge < -0.3 is 10.2 Å². The molecular formula is C24H25N5O2S2. The Balaban J connectivity index is 1.39. The lowest BCUT2D eigenvalue weighted by Gasteiger charge is -2.28. The molecule has 0 bridgehead atoms. The Kier molecular flexibility index (Phi) is 5.90. The summed E-state index contributed by atoms with van der Waals surface area (Å²) in [4.78, 5) is 11.7. The number of nitrogens with zero attached hydrogens (tertiary/aromatic N) is 3. The van der Waals surface area contributed by atoms with Crippen molar-refractivity contribution in [1.29, 1.82) is 0 Å². The number of benzene rings is 2. The van der Waals surface area contributed by atoms with Gasteiger partial charge in [0.1, 0.15) is 0 Å². The largest absolute Gasteiger partial charge is 0.372 e. The molecule has 0 aliphatic carbocycles. The van der Waals surface area contributed by atoms with Gasteiger partial charge in [0.15, 0.2) is 0 Å². The Labute approximate surface area is 197 Å². The van der Waals surface area contributed by atoms with Gasteiger partial charge >= 0.3 is 0 Å². The van der Waals surface area contributed by atoms with E-state index in [9.17, 15) is 8.42 Å². The third kappa shape index (κ3) is 5.09. The van der Waals surface area contributed by atoms with Crippen LogP contribution in [0, 0.1) is 0 Å². The van der Waals surface area contributed by atoms with Crippen LogP contribution < -0.4 is 14.9 Å². The maximum absolute atomic E-state index is 11.6. The topological polar surface area (TPSA) is 87.2 Å². The second kappa shape index (κ2) is 8.99. The summed E-state index contributed by atoms with van der Waals surface area (Å²) < 4.78 is 26.7. The fourth-order valence-corrected chi connectivity index (χ4v) is 5.52. The average molecular weight is 480 g/mol. The molecule has 3 heterocycles. The molecule has 7 nitrogen and oxygen atoms in total. The van der Waals surface area contributed by atoms with E-state index in [0.29, 0.717) is 11.6 Å². The number of rotatable bonds is 6. The van der Waals surface area contributed by atoms with Gasteiger partial charge in [-0.2, -0.15) is 0 Å². The minimum atomic E-state index is -3.34. The number of hydrogen-bond donors (Lipinski definition) is 2. The summed E-state index contributed by atoms with van der Waals surface area (Å²) in [7, 11) is -3.34. The van der Waals surface area contributed by atoms with Crippen molar-refractivity contribution in [1.82, 2.24) is 9.97 Å². The summed E-state index contributed by atoms with van der Waals surface area (Å²) in [6.07, 6.45) is 6.79. The van der Waals surface area contributed by atoms with Gasteiger partial charge in [-0.25, -0.2) is 18.4 Å². The lowest BCUT2D eigenvalue weighted by molar-refractivity contribution is 0.578. The van der Waals surface area contributed by atoms with Gasteiger partial charge in [0.2, 0.25) is 16.0 Å². The minimum absolute atomic E-state index is 0.524. The number of hydrogen-bond acceptors (Lipinski definition) is 7. The van der Waals surface area contributed by atoms with E-state index in [-0.39, 0.29) is 0 Å². The van der Waals surface area contributed by atoms with E-state index < -0.39 is 10.0 Å². The quantitative estimate of drug-likeness (QED) is 0.382. The van der Waals surface area contributed by atoms with Gasteiger partial charge in [-0.1, -0.05) is 12.1 Å². The molecule has 4 aromatic rings. The van der Waals surface area contributed by atoms with Gasteiger partial charge in [-0.15, -0.1) is 11.3 Å². The first-order valence-corrected chi connectivity index (χ1v) is 13.7. The Morgan fingerprint density at radius 3 is 2.55 bits per heavy atom. The predicted octanol–water partition coefficient (Wildman–Crippen LogP) is 5.46. The first kappa shape index (κ1) is 21.7. The van der Waals surface area contributed by atoms with Crippen LogP contribution in [0.1, 0.15) is 19.3 Å². The van der Waals surface area contributed by atoms with Crippen LogP contribution in [-0.4, -0.2) is 37.7 Å². The molecule has 1 aliphatic rings. The molecule has 1 fully saturated rings.